The van der Waals surface area contributed by atoms with Gasteiger partial charge in [0.25, 0.3) is 0 Å². The van der Waals surface area contributed by atoms with Crippen LogP contribution in [-0.4, -0.2) is 36.1 Å². The summed E-state index contributed by atoms with van der Waals surface area (Å²) in [5.41, 5.74) is 6.40. The van der Waals surface area contributed by atoms with Gasteiger partial charge in [0, 0.05) is 25.5 Å². The van der Waals surface area contributed by atoms with Gasteiger partial charge in [0.2, 0.25) is 5.88 Å². The Morgan fingerprint density at radius 3 is 2.74 bits per heavy atom. The molecule has 162 valence electrons. The highest BCUT2D eigenvalue weighted by atomic mass is 16.5. The molecule has 4 aromatic heterocycles. The van der Waals surface area contributed by atoms with Gasteiger partial charge in [-0.05, 0) is 51.5 Å². The Bertz CT molecular complexity index is 1190. The summed E-state index contributed by atoms with van der Waals surface area (Å²) in [4.78, 5) is 9.39. The molecule has 1 N–H and O–H groups in total. The van der Waals surface area contributed by atoms with Crippen molar-refractivity contribution in [3.8, 4) is 17.1 Å². The number of pyridine rings is 2. The van der Waals surface area contributed by atoms with E-state index in [1.807, 2.05) is 50.0 Å². The number of hydrogen-bond acceptors (Lipinski definition) is 6. The predicted octanol–water partition coefficient (Wildman–Crippen LogP) is 4.52. The number of hydrogen-bond donors (Lipinski definition) is 1. The Balaban J connectivity index is 1.87. The normalized spacial score (nSPS) is 12.3. The molecule has 0 aromatic carbocycles. The fourth-order valence-corrected chi connectivity index (χ4v) is 3.63. The van der Waals surface area contributed by atoms with Crippen molar-refractivity contribution < 1.29 is 4.74 Å². The lowest BCUT2D eigenvalue weighted by atomic mass is 10.1. The molecule has 31 heavy (non-hydrogen) atoms. The van der Waals surface area contributed by atoms with E-state index in [0.29, 0.717) is 19.0 Å². The molecule has 4 rings (SSSR count). The molecule has 0 radical (unpaired) electrons. The molecule has 8 nitrogen and oxygen atoms in total. The molecule has 0 saturated heterocycles. The molecule has 0 aliphatic heterocycles. The number of ether oxygens (including phenoxy) is 1. The number of rotatable bonds is 8. The summed E-state index contributed by atoms with van der Waals surface area (Å²) >= 11 is 0. The van der Waals surface area contributed by atoms with Crippen LogP contribution < -0.4 is 10.1 Å². The molecule has 0 unspecified atom stereocenters. The molecule has 4 aromatic rings. The van der Waals surface area contributed by atoms with Crippen LogP contribution in [0.5, 0.6) is 5.88 Å². The summed E-state index contributed by atoms with van der Waals surface area (Å²) in [7, 11) is 1.92. The van der Waals surface area contributed by atoms with Crippen LogP contribution in [0.3, 0.4) is 0 Å². The zero-order chi connectivity index (χ0) is 22.0. The summed E-state index contributed by atoms with van der Waals surface area (Å²) in [6, 6.07) is 8.22. The molecule has 0 spiro atoms. The largest absolute Gasteiger partial charge is 0.477 e. The highest BCUT2D eigenvalue weighted by Crippen LogP contribution is 2.35. The lowest BCUT2D eigenvalue weighted by Gasteiger charge is -2.16. The van der Waals surface area contributed by atoms with Crippen LogP contribution in [0.4, 0.5) is 5.69 Å². The number of fused-ring (bicyclic) bond motifs is 1. The van der Waals surface area contributed by atoms with Crippen molar-refractivity contribution in [1.82, 2.24) is 29.5 Å². The highest BCUT2D eigenvalue weighted by molar-refractivity contribution is 5.93. The van der Waals surface area contributed by atoms with Crippen molar-refractivity contribution in [1.29, 1.82) is 0 Å². The minimum Gasteiger partial charge on any atom is -0.477 e. The van der Waals surface area contributed by atoms with Crippen molar-refractivity contribution in [2.24, 2.45) is 7.05 Å². The second kappa shape index (κ2) is 8.75. The molecular weight excluding hydrogens is 390 g/mol. The first-order valence-electron chi connectivity index (χ1n) is 10.7. The Morgan fingerprint density at radius 2 is 2.03 bits per heavy atom. The van der Waals surface area contributed by atoms with Gasteiger partial charge >= 0.3 is 0 Å². The van der Waals surface area contributed by atoms with Crippen LogP contribution in [-0.2, 0) is 13.6 Å². The van der Waals surface area contributed by atoms with Gasteiger partial charge in [0.05, 0.1) is 41.5 Å². The molecule has 1 atom stereocenters. The molecule has 0 aliphatic rings. The van der Waals surface area contributed by atoms with Crippen LogP contribution in [0.15, 0.2) is 36.7 Å². The van der Waals surface area contributed by atoms with Crippen molar-refractivity contribution in [3.05, 3.63) is 48.0 Å². The average molecular weight is 420 g/mol. The summed E-state index contributed by atoms with van der Waals surface area (Å²) in [6.45, 7) is 9.46. The van der Waals surface area contributed by atoms with Crippen molar-refractivity contribution in [2.75, 3.05) is 11.9 Å². The van der Waals surface area contributed by atoms with Gasteiger partial charge in [-0.25, -0.2) is 9.97 Å². The van der Waals surface area contributed by atoms with Crippen LogP contribution >= 0.6 is 0 Å². The number of nitrogens with zero attached hydrogens (tertiary/aromatic N) is 6. The third-order valence-electron chi connectivity index (χ3n) is 5.39. The lowest BCUT2D eigenvalue weighted by Crippen LogP contribution is -2.09. The van der Waals surface area contributed by atoms with Gasteiger partial charge in [-0.1, -0.05) is 6.92 Å². The van der Waals surface area contributed by atoms with E-state index in [1.165, 1.54) is 0 Å². The fraction of sp³-hybridized carbons (Fsp3) is 0.391. The first-order chi connectivity index (χ1) is 15.0. The summed E-state index contributed by atoms with van der Waals surface area (Å²) in [6.07, 6.45) is 4.66. The Labute approximate surface area is 182 Å². The molecule has 0 bridgehead atoms. The molecule has 0 fully saturated rings. The zero-order valence-electron chi connectivity index (χ0n) is 18.8. The van der Waals surface area contributed by atoms with Gasteiger partial charge in [-0.15, -0.1) is 0 Å². The molecule has 0 amide bonds. The maximum absolute atomic E-state index is 5.76. The van der Waals surface area contributed by atoms with Gasteiger partial charge in [0.15, 0.2) is 0 Å². The van der Waals surface area contributed by atoms with E-state index >= 15 is 0 Å². The van der Waals surface area contributed by atoms with Gasteiger partial charge in [0.1, 0.15) is 11.0 Å². The van der Waals surface area contributed by atoms with Crippen LogP contribution in [0.1, 0.15) is 44.6 Å². The number of nitrogens with one attached hydrogen (secondary N) is 1. The maximum Gasteiger partial charge on any atom is 0.222 e. The van der Waals surface area contributed by atoms with Gasteiger partial charge in [-0.2, -0.15) is 10.2 Å². The van der Waals surface area contributed by atoms with Crippen molar-refractivity contribution in [2.45, 2.75) is 46.7 Å². The quantitative estimate of drug-likeness (QED) is 0.452. The third kappa shape index (κ3) is 4.10. The van der Waals surface area contributed by atoms with Gasteiger partial charge < -0.3 is 10.1 Å². The summed E-state index contributed by atoms with van der Waals surface area (Å²) in [5.74, 6) is 0.583. The average Bonchev–Trinajstić information content (AvgIpc) is 3.35. The van der Waals surface area contributed by atoms with Crippen LogP contribution in [0, 0.1) is 6.92 Å². The number of anilines is 1. The highest BCUT2D eigenvalue weighted by Gasteiger charge is 2.20. The second-order valence-corrected chi connectivity index (χ2v) is 7.66. The van der Waals surface area contributed by atoms with Gasteiger partial charge in [-0.3, -0.25) is 9.36 Å². The monoisotopic (exact) mass is 419 g/mol. The van der Waals surface area contributed by atoms with E-state index in [2.05, 4.69) is 40.0 Å². The van der Waals surface area contributed by atoms with E-state index in [1.54, 1.807) is 6.20 Å². The number of aryl methyl sites for hydroxylation is 2. The zero-order valence-corrected chi connectivity index (χ0v) is 18.8. The molecule has 0 aliphatic carbocycles. The Morgan fingerprint density at radius 1 is 1.19 bits per heavy atom. The molecule has 8 heteroatoms. The van der Waals surface area contributed by atoms with E-state index in [-0.39, 0.29) is 6.04 Å². The first-order valence-corrected chi connectivity index (χ1v) is 10.7. The fourth-order valence-electron chi connectivity index (χ4n) is 3.63. The standard InChI is InChI=1S/C23H29N7O/c1-6-15(3)30-22-20(25-14-17-10-12-29(5)28-17)13-19(26-21(22)16(4)27-30)18-9-8-11-24-23(18)31-7-2/h8-13,15H,6-7,14H2,1-5H3,(H,25,26)/t15-/m1/s1. The van der Waals surface area contributed by atoms with Crippen LogP contribution in [0.25, 0.3) is 22.3 Å². The topological polar surface area (TPSA) is 82.7 Å². The Hall–Kier alpha value is -3.42. The van der Waals surface area contributed by atoms with E-state index in [4.69, 9.17) is 14.8 Å². The lowest BCUT2D eigenvalue weighted by molar-refractivity contribution is 0.328. The summed E-state index contributed by atoms with van der Waals surface area (Å²) in [5, 5.41) is 12.9. The van der Waals surface area contributed by atoms with E-state index in [0.717, 1.165) is 45.8 Å². The molecule has 0 saturated carbocycles. The minimum absolute atomic E-state index is 0.261. The first kappa shape index (κ1) is 20.8. The SMILES string of the molecule is CCOc1ncccc1-c1cc(NCc2ccn(C)n2)c2c(n1)c(C)nn2[C@H](C)CC. The molecular formula is C23H29N7O. The minimum atomic E-state index is 0.261. The second-order valence-electron chi connectivity index (χ2n) is 7.66. The van der Waals surface area contributed by atoms with E-state index in [9.17, 15) is 0 Å². The number of aromatic nitrogens is 6. The smallest absolute Gasteiger partial charge is 0.222 e. The summed E-state index contributed by atoms with van der Waals surface area (Å²) < 4.78 is 9.65. The predicted molar refractivity (Wildman–Crippen MR) is 122 cm³/mol. The third-order valence-corrected chi connectivity index (χ3v) is 5.39. The molecule has 4 heterocycles. The van der Waals surface area contributed by atoms with E-state index < -0.39 is 0 Å². The van der Waals surface area contributed by atoms with Crippen molar-refractivity contribution >= 4 is 16.7 Å². The maximum atomic E-state index is 5.76. The van der Waals surface area contributed by atoms with Crippen molar-refractivity contribution in [3.63, 3.8) is 0 Å². The van der Waals surface area contributed by atoms with Crippen LogP contribution in [0.2, 0.25) is 0 Å². The Kier molecular flexibility index (Phi) is 5.88.